The van der Waals surface area contributed by atoms with E-state index in [0.29, 0.717) is 0 Å². The molecule has 2 aromatic heterocycles. The van der Waals surface area contributed by atoms with E-state index in [1.54, 1.807) is 6.20 Å². The molecule has 0 atom stereocenters. The molecule has 1 aromatic carbocycles. The maximum atomic E-state index is 4.56. The van der Waals surface area contributed by atoms with E-state index in [1.165, 1.54) is 0 Å². The van der Waals surface area contributed by atoms with Crippen LogP contribution in [-0.4, -0.2) is 14.5 Å². The number of benzene rings is 1. The highest BCUT2D eigenvalue weighted by atomic mass is 79.9. The summed E-state index contributed by atoms with van der Waals surface area (Å²) in [6.07, 6.45) is 3.68. The van der Waals surface area contributed by atoms with E-state index >= 15 is 0 Å². The molecule has 18 heavy (non-hydrogen) atoms. The lowest BCUT2D eigenvalue weighted by Crippen LogP contribution is -2.02. The van der Waals surface area contributed by atoms with Crippen molar-refractivity contribution in [1.29, 1.82) is 0 Å². The minimum absolute atomic E-state index is 0.790. The largest absolute Gasteiger partial charge is 0.324 e. The van der Waals surface area contributed by atoms with Crippen molar-refractivity contribution in [2.45, 2.75) is 13.5 Å². The highest BCUT2D eigenvalue weighted by molar-refractivity contribution is 9.10. The highest BCUT2D eigenvalue weighted by Gasteiger charge is 2.07. The second kappa shape index (κ2) is 4.53. The van der Waals surface area contributed by atoms with Gasteiger partial charge in [-0.1, -0.05) is 12.1 Å². The Bertz CT molecular complexity index is 703. The molecule has 0 amide bonds. The topological polar surface area (TPSA) is 30.7 Å². The molecule has 0 bridgehead atoms. The minimum atomic E-state index is 0.790. The summed E-state index contributed by atoms with van der Waals surface area (Å²) >= 11 is 3.45. The SMILES string of the molecule is Cc1nc2ccccc2n1Cc1cncc(Br)c1. The summed E-state index contributed by atoms with van der Waals surface area (Å²) < 4.78 is 3.21. The van der Waals surface area contributed by atoms with E-state index in [4.69, 9.17) is 0 Å². The van der Waals surface area contributed by atoms with Crippen LogP contribution in [0.15, 0.2) is 47.2 Å². The van der Waals surface area contributed by atoms with E-state index in [1.807, 2.05) is 31.3 Å². The van der Waals surface area contributed by atoms with Gasteiger partial charge in [0.25, 0.3) is 0 Å². The van der Waals surface area contributed by atoms with Crippen molar-refractivity contribution < 1.29 is 0 Å². The van der Waals surface area contributed by atoms with Crippen LogP contribution in [0.25, 0.3) is 11.0 Å². The Morgan fingerprint density at radius 3 is 2.89 bits per heavy atom. The first-order valence-corrected chi connectivity index (χ1v) is 6.54. The van der Waals surface area contributed by atoms with Crippen LogP contribution in [-0.2, 0) is 6.54 Å². The molecule has 0 N–H and O–H groups in total. The Hall–Kier alpha value is -1.68. The van der Waals surface area contributed by atoms with E-state index < -0.39 is 0 Å². The number of nitrogens with zero attached hydrogens (tertiary/aromatic N) is 3. The first kappa shape index (κ1) is 11.4. The van der Waals surface area contributed by atoms with Crippen molar-refractivity contribution in [1.82, 2.24) is 14.5 Å². The number of fused-ring (bicyclic) bond motifs is 1. The average Bonchev–Trinajstić information content (AvgIpc) is 2.66. The normalized spacial score (nSPS) is 11.0. The molecule has 3 rings (SSSR count). The summed E-state index contributed by atoms with van der Waals surface area (Å²) in [6, 6.07) is 10.3. The van der Waals surface area contributed by atoms with Gasteiger partial charge in [0, 0.05) is 16.9 Å². The van der Waals surface area contributed by atoms with Gasteiger partial charge in [0.05, 0.1) is 17.6 Å². The maximum absolute atomic E-state index is 4.56. The lowest BCUT2D eigenvalue weighted by Gasteiger charge is -2.06. The molecule has 0 fully saturated rings. The van der Waals surface area contributed by atoms with Crippen molar-refractivity contribution >= 4 is 27.0 Å². The molecule has 4 heteroatoms. The fourth-order valence-corrected chi connectivity index (χ4v) is 2.53. The summed E-state index contributed by atoms with van der Waals surface area (Å²) in [5.41, 5.74) is 3.36. The van der Waals surface area contributed by atoms with Crippen molar-refractivity contribution in [3.8, 4) is 0 Å². The summed E-state index contributed by atoms with van der Waals surface area (Å²) in [4.78, 5) is 8.76. The Morgan fingerprint density at radius 1 is 1.22 bits per heavy atom. The lowest BCUT2D eigenvalue weighted by atomic mass is 10.2. The number of para-hydroxylation sites is 2. The van der Waals surface area contributed by atoms with Crippen LogP contribution in [0.3, 0.4) is 0 Å². The van der Waals surface area contributed by atoms with Crippen molar-refractivity contribution in [3.05, 3.63) is 58.6 Å². The van der Waals surface area contributed by atoms with Crippen LogP contribution >= 0.6 is 15.9 Å². The molecule has 0 saturated carbocycles. The molecule has 0 aliphatic rings. The Morgan fingerprint density at radius 2 is 2.06 bits per heavy atom. The number of aryl methyl sites for hydroxylation is 1. The number of hydrogen-bond acceptors (Lipinski definition) is 2. The molecule has 0 aliphatic carbocycles. The van der Waals surface area contributed by atoms with E-state index in [9.17, 15) is 0 Å². The van der Waals surface area contributed by atoms with E-state index in [2.05, 4.69) is 42.6 Å². The first-order valence-electron chi connectivity index (χ1n) is 5.75. The number of aromatic nitrogens is 3. The molecular formula is C14H12BrN3. The zero-order valence-electron chi connectivity index (χ0n) is 9.97. The second-order valence-electron chi connectivity index (χ2n) is 4.25. The smallest absolute Gasteiger partial charge is 0.107 e. The average molecular weight is 302 g/mol. The summed E-state index contributed by atoms with van der Waals surface area (Å²) in [6.45, 7) is 2.82. The van der Waals surface area contributed by atoms with Crippen LogP contribution in [0.1, 0.15) is 11.4 Å². The maximum Gasteiger partial charge on any atom is 0.107 e. The van der Waals surface area contributed by atoms with Crippen LogP contribution in [0.5, 0.6) is 0 Å². The molecule has 0 spiro atoms. The predicted octanol–water partition coefficient (Wildman–Crippen LogP) is 3.55. The molecule has 90 valence electrons. The predicted molar refractivity (Wildman–Crippen MR) is 75.5 cm³/mol. The van der Waals surface area contributed by atoms with Gasteiger partial charge in [-0.15, -0.1) is 0 Å². The Kier molecular flexibility index (Phi) is 2.88. The van der Waals surface area contributed by atoms with Crippen LogP contribution in [0.2, 0.25) is 0 Å². The molecule has 0 saturated heterocycles. The van der Waals surface area contributed by atoms with Gasteiger partial charge in [0.1, 0.15) is 5.82 Å². The van der Waals surface area contributed by atoms with Crippen LogP contribution < -0.4 is 0 Å². The fourth-order valence-electron chi connectivity index (χ4n) is 2.12. The molecule has 3 nitrogen and oxygen atoms in total. The van der Waals surface area contributed by atoms with Crippen LogP contribution in [0, 0.1) is 6.92 Å². The molecule has 2 heterocycles. The monoisotopic (exact) mass is 301 g/mol. The van der Waals surface area contributed by atoms with Crippen molar-refractivity contribution in [2.24, 2.45) is 0 Å². The zero-order chi connectivity index (χ0) is 12.5. The van der Waals surface area contributed by atoms with Crippen LogP contribution in [0.4, 0.5) is 0 Å². The first-order chi connectivity index (χ1) is 8.74. The van der Waals surface area contributed by atoms with Gasteiger partial charge < -0.3 is 4.57 Å². The van der Waals surface area contributed by atoms with Gasteiger partial charge in [0.15, 0.2) is 0 Å². The van der Waals surface area contributed by atoms with Gasteiger partial charge in [-0.25, -0.2) is 4.98 Å². The molecule has 3 aromatic rings. The molecule has 0 aliphatic heterocycles. The standard InChI is InChI=1S/C14H12BrN3/c1-10-17-13-4-2-3-5-14(13)18(10)9-11-6-12(15)8-16-7-11/h2-8H,9H2,1H3. The Labute approximate surface area is 114 Å². The minimum Gasteiger partial charge on any atom is -0.324 e. The van der Waals surface area contributed by atoms with E-state index in [-0.39, 0.29) is 0 Å². The number of imidazole rings is 1. The molecule has 0 radical (unpaired) electrons. The summed E-state index contributed by atoms with van der Waals surface area (Å²) in [5.74, 6) is 1.02. The van der Waals surface area contributed by atoms with Crippen molar-refractivity contribution in [3.63, 3.8) is 0 Å². The zero-order valence-corrected chi connectivity index (χ0v) is 11.6. The molecular weight excluding hydrogens is 290 g/mol. The fraction of sp³-hybridized carbons (Fsp3) is 0.143. The summed E-state index contributed by atoms with van der Waals surface area (Å²) in [5, 5.41) is 0. The van der Waals surface area contributed by atoms with Gasteiger partial charge in [0.2, 0.25) is 0 Å². The lowest BCUT2D eigenvalue weighted by molar-refractivity contribution is 0.782. The second-order valence-corrected chi connectivity index (χ2v) is 5.16. The van der Waals surface area contributed by atoms with E-state index in [0.717, 1.165) is 33.4 Å². The van der Waals surface area contributed by atoms with Gasteiger partial charge in [-0.2, -0.15) is 0 Å². The van der Waals surface area contributed by atoms with Gasteiger partial charge in [-0.05, 0) is 46.6 Å². The third-order valence-corrected chi connectivity index (χ3v) is 3.38. The van der Waals surface area contributed by atoms with Gasteiger partial charge in [-0.3, -0.25) is 4.98 Å². The molecule has 0 unspecified atom stereocenters. The van der Waals surface area contributed by atoms with Gasteiger partial charge >= 0.3 is 0 Å². The summed E-state index contributed by atoms with van der Waals surface area (Å²) in [7, 11) is 0. The third kappa shape index (κ3) is 2.04. The number of halogens is 1. The van der Waals surface area contributed by atoms with Crippen molar-refractivity contribution in [2.75, 3.05) is 0 Å². The Balaban J connectivity index is 2.07. The quantitative estimate of drug-likeness (QED) is 0.725. The highest BCUT2D eigenvalue weighted by Crippen LogP contribution is 2.18. The number of pyridine rings is 1. The number of hydrogen-bond donors (Lipinski definition) is 0. The number of rotatable bonds is 2. The third-order valence-electron chi connectivity index (χ3n) is 2.95.